The van der Waals surface area contributed by atoms with Gasteiger partial charge in [-0.15, -0.1) is 0 Å². The van der Waals surface area contributed by atoms with E-state index in [2.05, 4.69) is 25.9 Å². The number of hydrogen-bond acceptors (Lipinski definition) is 3. The topological polar surface area (TPSA) is 47.4 Å². The molecule has 1 aromatic rings. The maximum Gasteiger partial charge on any atom is 0.410 e. The second-order valence-electron chi connectivity index (χ2n) is 8.07. The van der Waals surface area contributed by atoms with E-state index in [1.165, 1.54) is 11.3 Å². The highest BCUT2D eigenvalue weighted by atomic mass is 16.6. The maximum absolute atomic E-state index is 12.3. The first-order valence-electron chi connectivity index (χ1n) is 7.98. The molecule has 0 aromatic carbocycles. The third-order valence-electron chi connectivity index (χ3n) is 4.39. The lowest BCUT2D eigenvalue weighted by Gasteiger charge is -2.44. The Morgan fingerprint density at radius 2 is 2.05 bits per heavy atom. The molecule has 1 aliphatic heterocycles. The Bertz CT molecular complexity index is 535. The van der Waals surface area contributed by atoms with Crippen LogP contribution < -0.4 is 0 Å². The highest BCUT2D eigenvalue weighted by Crippen LogP contribution is 2.43. The summed E-state index contributed by atoms with van der Waals surface area (Å²) in [6.45, 7) is 13.7. The van der Waals surface area contributed by atoms with Crippen LogP contribution in [0.4, 0.5) is 4.79 Å². The van der Waals surface area contributed by atoms with Crippen LogP contribution >= 0.6 is 0 Å². The minimum Gasteiger partial charge on any atom is -0.444 e. The summed E-state index contributed by atoms with van der Waals surface area (Å²) >= 11 is 0. The molecule has 22 heavy (non-hydrogen) atoms. The minimum atomic E-state index is -0.448. The fraction of sp³-hybridized carbons (Fsp3) is 0.765. The first-order chi connectivity index (χ1) is 10.0. The first kappa shape index (κ1) is 16.8. The number of carbonyl (C=O) groups is 1. The second kappa shape index (κ2) is 5.60. The van der Waals surface area contributed by atoms with Crippen LogP contribution in [0.3, 0.4) is 0 Å². The van der Waals surface area contributed by atoms with Gasteiger partial charge in [0.25, 0.3) is 0 Å². The Labute approximate surface area is 133 Å². The Balaban J connectivity index is 2.15. The van der Waals surface area contributed by atoms with Gasteiger partial charge in [0.15, 0.2) is 0 Å². The van der Waals surface area contributed by atoms with E-state index in [1.807, 2.05) is 43.6 Å². The highest BCUT2D eigenvalue weighted by Gasteiger charge is 2.41. The van der Waals surface area contributed by atoms with Gasteiger partial charge in [0.2, 0.25) is 0 Å². The molecule has 1 saturated heterocycles. The van der Waals surface area contributed by atoms with Gasteiger partial charge in [-0.1, -0.05) is 13.8 Å². The zero-order valence-electron chi connectivity index (χ0n) is 14.9. The predicted octanol–water partition coefficient (Wildman–Crippen LogP) is 3.48. The molecule has 124 valence electrons. The van der Waals surface area contributed by atoms with E-state index >= 15 is 0 Å². The van der Waals surface area contributed by atoms with Crippen LogP contribution in [0.2, 0.25) is 0 Å². The van der Waals surface area contributed by atoms with Gasteiger partial charge in [0.1, 0.15) is 5.60 Å². The fourth-order valence-corrected chi connectivity index (χ4v) is 3.40. The average Bonchev–Trinajstić information content (AvgIpc) is 2.66. The van der Waals surface area contributed by atoms with Crippen LogP contribution in [0.5, 0.6) is 0 Å². The van der Waals surface area contributed by atoms with Crippen molar-refractivity contribution in [3.63, 3.8) is 0 Å². The summed E-state index contributed by atoms with van der Waals surface area (Å²) in [7, 11) is 2.00. The molecule has 5 heteroatoms. The summed E-state index contributed by atoms with van der Waals surface area (Å²) in [4.78, 5) is 14.2. The zero-order valence-corrected chi connectivity index (χ0v) is 14.9. The summed E-state index contributed by atoms with van der Waals surface area (Å²) in [5, 5.41) is 4.37. The summed E-state index contributed by atoms with van der Waals surface area (Å²) in [5.41, 5.74) is 2.06. The molecule has 2 heterocycles. The molecular formula is C17H29N3O2. The molecule has 2 rings (SSSR count). The number of likely N-dealkylation sites (tertiary alicyclic amines) is 1. The third kappa shape index (κ3) is 3.45. The van der Waals surface area contributed by atoms with Crippen LogP contribution in [-0.2, 0) is 11.8 Å². The molecule has 1 aromatic heterocycles. The van der Waals surface area contributed by atoms with Gasteiger partial charge in [0, 0.05) is 31.7 Å². The molecular weight excluding hydrogens is 278 g/mol. The van der Waals surface area contributed by atoms with Gasteiger partial charge in [-0.3, -0.25) is 4.68 Å². The van der Waals surface area contributed by atoms with Crippen LogP contribution in [0.1, 0.15) is 58.2 Å². The number of amides is 1. The van der Waals surface area contributed by atoms with Crippen molar-refractivity contribution in [2.24, 2.45) is 12.5 Å². The largest absolute Gasteiger partial charge is 0.444 e. The number of nitrogens with zero attached hydrogens (tertiary/aromatic N) is 3. The van der Waals surface area contributed by atoms with E-state index in [1.54, 1.807) is 0 Å². The Kier molecular flexibility index (Phi) is 4.28. The van der Waals surface area contributed by atoms with E-state index in [0.717, 1.165) is 13.0 Å². The molecule has 1 atom stereocenters. The molecule has 1 amide bonds. The van der Waals surface area contributed by atoms with Crippen molar-refractivity contribution in [3.8, 4) is 0 Å². The Morgan fingerprint density at radius 3 is 2.50 bits per heavy atom. The van der Waals surface area contributed by atoms with Gasteiger partial charge in [-0.2, -0.15) is 5.10 Å². The molecule has 1 unspecified atom stereocenters. The van der Waals surface area contributed by atoms with E-state index in [-0.39, 0.29) is 11.5 Å². The first-order valence-corrected chi connectivity index (χ1v) is 7.98. The molecule has 0 radical (unpaired) electrons. The van der Waals surface area contributed by atoms with Crippen LogP contribution in [0.15, 0.2) is 6.20 Å². The van der Waals surface area contributed by atoms with E-state index in [4.69, 9.17) is 4.74 Å². The number of aryl methyl sites for hydroxylation is 2. The molecule has 1 fully saturated rings. The summed E-state index contributed by atoms with van der Waals surface area (Å²) in [5.74, 6) is 0.402. The second-order valence-corrected chi connectivity index (χ2v) is 8.07. The quantitative estimate of drug-likeness (QED) is 0.798. The average molecular weight is 307 g/mol. The Hall–Kier alpha value is -1.52. The predicted molar refractivity (Wildman–Crippen MR) is 86.9 cm³/mol. The molecule has 0 saturated carbocycles. The van der Waals surface area contributed by atoms with Crippen LogP contribution in [-0.4, -0.2) is 39.5 Å². The SMILES string of the molecule is Cc1cnn(C)c1C1CCN(C(=O)OC(C)(C)C)CC1(C)C. The zero-order chi connectivity index (χ0) is 16.7. The minimum absolute atomic E-state index is 0.00624. The molecule has 0 N–H and O–H groups in total. The van der Waals surface area contributed by atoms with Crippen molar-refractivity contribution < 1.29 is 9.53 Å². The summed E-state index contributed by atoms with van der Waals surface area (Å²) < 4.78 is 7.49. The number of carbonyl (C=O) groups excluding carboxylic acids is 1. The van der Waals surface area contributed by atoms with E-state index in [9.17, 15) is 4.79 Å². The smallest absolute Gasteiger partial charge is 0.410 e. The van der Waals surface area contributed by atoms with Crippen molar-refractivity contribution >= 4 is 6.09 Å². The summed E-state index contributed by atoms with van der Waals surface area (Å²) in [6.07, 6.45) is 2.65. The van der Waals surface area contributed by atoms with Crippen molar-refractivity contribution in [3.05, 3.63) is 17.5 Å². The number of aromatic nitrogens is 2. The van der Waals surface area contributed by atoms with Gasteiger partial charge in [-0.25, -0.2) is 4.79 Å². The molecule has 0 bridgehead atoms. The van der Waals surface area contributed by atoms with Crippen LogP contribution in [0.25, 0.3) is 0 Å². The maximum atomic E-state index is 12.3. The number of hydrogen-bond donors (Lipinski definition) is 0. The fourth-order valence-electron chi connectivity index (χ4n) is 3.40. The van der Waals surface area contributed by atoms with Gasteiger partial charge in [-0.05, 0) is 45.1 Å². The third-order valence-corrected chi connectivity index (χ3v) is 4.39. The molecule has 0 spiro atoms. The molecule has 0 aliphatic carbocycles. The van der Waals surface area contributed by atoms with Crippen molar-refractivity contribution in [2.45, 2.75) is 59.5 Å². The summed E-state index contributed by atoms with van der Waals surface area (Å²) in [6, 6.07) is 0. The van der Waals surface area contributed by atoms with E-state index in [0.29, 0.717) is 12.5 Å². The lowest BCUT2D eigenvalue weighted by Crippen LogP contribution is -2.49. The van der Waals surface area contributed by atoms with Crippen molar-refractivity contribution in [1.82, 2.24) is 14.7 Å². The van der Waals surface area contributed by atoms with E-state index < -0.39 is 5.60 Å². The number of rotatable bonds is 1. The molecule has 5 nitrogen and oxygen atoms in total. The van der Waals surface area contributed by atoms with Crippen LogP contribution in [0, 0.1) is 12.3 Å². The number of piperidine rings is 1. The lowest BCUT2D eigenvalue weighted by atomic mass is 9.71. The normalized spacial score (nSPS) is 21.8. The highest BCUT2D eigenvalue weighted by molar-refractivity contribution is 5.68. The standard InChI is InChI=1S/C17H29N3O2/c1-12-10-18-19(7)14(12)13-8-9-20(11-17(13,5)6)15(21)22-16(2,3)4/h10,13H,8-9,11H2,1-7H3. The number of ether oxygens (including phenoxy) is 1. The van der Waals surface area contributed by atoms with Crippen molar-refractivity contribution in [2.75, 3.05) is 13.1 Å². The van der Waals surface area contributed by atoms with Crippen molar-refractivity contribution in [1.29, 1.82) is 0 Å². The van der Waals surface area contributed by atoms with Gasteiger partial charge in [0.05, 0.1) is 6.20 Å². The molecule has 1 aliphatic rings. The lowest BCUT2D eigenvalue weighted by molar-refractivity contribution is 0.00419. The van der Waals surface area contributed by atoms with Gasteiger partial charge < -0.3 is 9.64 Å². The monoisotopic (exact) mass is 307 g/mol. The Morgan fingerprint density at radius 1 is 1.41 bits per heavy atom. The van der Waals surface area contributed by atoms with Gasteiger partial charge >= 0.3 is 6.09 Å².